The van der Waals surface area contributed by atoms with E-state index in [-0.39, 0.29) is 5.75 Å². The number of rotatable bonds is 2. The molecule has 0 fully saturated rings. The Morgan fingerprint density at radius 2 is 1.58 bits per heavy atom. The summed E-state index contributed by atoms with van der Waals surface area (Å²) in [5, 5.41) is 8.79. The average molecular weight is 263 g/mol. The molecular formula is C14H8F3NO. The van der Waals surface area contributed by atoms with Gasteiger partial charge in [-0.2, -0.15) is 5.26 Å². The third-order valence-corrected chi connectivity index (χ3v) is 2.39. The number of alkyl halides is 3. The molecule has 0 amide bonds. The highest BCUT2D eigenvalue weighted by atomic mass is 19.4. The topological polar surface area (TPSA) is 33.0 Å². The van der Waals surface area contributed by atoms with Crippen molar-refractivity contribution < 1.29 is 17.9 Å². The molecule has 2 rings (SSSR count). The molecule has 0 spiro atoms. The van der Waals surface area contributed by atoms with Crippen LogP contribution in [0.2, 0.25) is 0 Å². The van der Waals surface area contributed by atoms with E-state index in [0.29, 0.717) is 16.7 Å². The average Bonchev–Trinajstić information content (AvgIpc) is 2.37. The molecule has 96 valence electrons. The number of nitriles is 1. The smallest absolute Gasteiger partial charge is 0.406 e. The summed E-state index contributed by atoms with van der Waals surface area (Å²) in [5.41, 5.74) is 1.66. The normalized spacial score (nSPS) is 10.8. The molecule has 0 heterocycles. The van der Waals surface area contributed by atoms with Crippen LogP contribution in [-0.4, -0.2) is 6.36 Å². The van der Waals surface area contributed by atoms with Crippen LogP contribution in [0.1, 0.15) is 5.56 Å². The highest BCUT2D eigenvalue weighted by Gasteiger charge is 2.31. The molecule has 0 aliphatic rings. The summed E-state index contributed by atoms with van der Waals surface area (Å²) in [4.78, 5) is 0. The third kappa shape index (κ3) is 3.49. The number of ether oxygens (including phenoxy) is 1. The van der Waals surface area contributed by atoms with Gasteiger partial charge in [-0.25, -0.2) is 0 Å². The van der Waals surface area contributed by atoms with Gasteiger partial charge in [-0.05, 0) is 35.4 Å². The summed E-state index contributed by atoms with van der Waals surface area (Å²) < 4.78 is 40.2. The van der Waals surface area contributed by atoms with Crippen molar-refractivity contribution in [1.82, 2.24) is 0 Å². The lowest BCUT2D eigenvalue weighted by Crippen LogP contribution is -2.17. The molecular weight excluding hydrogens is 255 g/mol. The predicted octanol–water partition coefficient (Wildman–Crippen LogP) is 4.12. The lowest BCUT2D eigenvalue weighted by molar-refractivity contribution is -0.274. The van der Waals surface area contributed by atoms with E-state index >= 15 is 0 Å². The van der Waals surface area contributed by atoms with Crippen LogP contribution in [0.25, 0.3) is 11.1 Å². The van der Waals surface area contributed by atoms with Gasteiger partial charge in [0.05, 0.1) is 11.6 Å². The van der Waals surface area contributed by atoms with Crippen molar-refractivity contribution >= 4 is 0 Å². The van der Waals surface area contributed by atoms with Crippen LogP contribution in [0.4, 0.5) is 13.2 Å². The molecule has 0 saturated heterocycles. The van der Waals surface area contributed by atoms with Gasteiger partial charge in [-0.15, -0.1) is 13.2 Å². The van der Waals surface area contributed by atoms with Crippen molar-refractivity contribution in [3.8, 4) is 22.9 Å². The van der Waals surface area contributed by atoms with Gasteiger partial charge in [-0.3, -0.25) is 0 Å². The highest BCUT2D eigenvalue weighted by molar-refractivity contribution is 5.66. The van der Waals surface area contributed by atoms with Gasteiger partial charge >= 0.3 is 6.36 Å². The zero-order valence-electron chi connectivity index (χ0n) is 9.61. The zero-order chi connectivity index (χ0) is 13.9. The maximum atomic E-state index is 12.1. The summed E-state index contributed by atoms with van der Waals surface area (Å²) >= 11 is 0. The Hall–Kier alpha value is -2.48. The second-order valence-electron chi connectivity index (χ2n) is 3.77. The van der Waals surface area contributed by atoms with Crippen molar-refractivity contribution in [3.05, 3.63) is 54.1 Å². The second kappa shape index (κ2) is 5.02. The lowest BCUT2D eigenvalue weighted by atomic mass is 10.0. The first kappa shape index (κ1) is 13.0. The number of halogens is 3. The van der Waals surface area contributed by atoms with Crippen LogP contribution in [0.15, 0.2) is 48.5 Å². The Kier molecular flexibility index (Phi) is 3.43. The quantitative estimate of drug-likeness (QED) is 0.816. The fourth-order valence-corrected chi connectivity index (χ4v) is 1.64. The van der Waals surface area contributed by atoms with Crippen LogP contribution < -0.4 is 4.74 Å². The van der Waals surface area contributed by atoms with E-state index in [4.69, 9.17) is 5.26 Å². The molecule has 0 bridgehead atoms. The number of hydrogen-bond acceptors (Lipinski definition) is 2. The van der Waals surface area contributed by atoms with Gasteiger partial charge in [0.15, 0.2) is 0 Å². The molecule has 19 heavy (non-hydrogen) atoms. The number of benzene rings is 2. The highest BCUT2D eigenvalue weighted by Crippen LogP contribution is 2.28. The molecule has 0 N–H and O–H groups in total. The molecule has 2 aromatic carbocycles. The van der Waals surface area contributed by atoms with Gasteiger partial charge in [-0.1, -0.05) is 24.3 Å². The second-order valence-corrected chi connectivity index (χ2v) is 3.77. The molecule has 2 nitrogen and oxygen atoms in total. The van der Waals surface area contributed by atoms with Crippen molar-refractivity contribution in [2.45, 2.75) is 6.36 Å². The standard InChI is InChI=1S/C14H8F3NO/c15-14(16,17)19-13-6-2-5-12(8-13)11-4-1-3-10(7-11)9-18/h1-8H. The van der Waals surface area contributed by atoms with E-state index in [2.05, 4.69) is 4.74 Å². The number of hydrogen-bond donors (Lipinski definition) is 0. The van der Waals surface area contributed by atoms with Gasteiger partial charge in [0, 0.05) is 0 Å². The molecule has 0 radical (unpaired) electrons. The van der Waals surface area contributed by atoms with Crippen LogP contribution in [0.5, 0.6) is 5.75 Å². The first-order chi connectivity index (χ1) is 8.98. The van der Waals surface area contributed by atoms with E-state index in [9.17, 15) is 13.2 Å². The predicted molar refractivity (Wildman–Crippen MR) is 63.3 cm³/mol. The van der Waals surface area contributed by atoms with E-state index in [1.807, 2.05) is 6.07 Å². The van der Waals surface area contributed by atoms with E-state index in [0.717, 1.165) is 0 Å². The minimum Gasteiger partial charge on any atom is -0.406 e. The third-order valence-electron chi connectivity index (χ3n) is 2.39. The Balaban J connectivity index is 2.35. The monoisotopic (exact) mass is 263 g/mol. The van der Waals surface area contributed by atoms with Crippen molar-refractivity contribution in [3.63, 3.8) is 0 Å². The van der Waals surface area contributed by atoms with Crippen molar-refractivity contribution in [1.29, 1.82) is 5.26 Å². The van der Waals surface area contributed by atoms with Gasteiger partial charge < -0.3 is 4.74 Å². The summed E-state index contributed by atoms with van der Waals surface area (Å²) in [5.74, 6) is -0.285. The Labute approximate surface area is 107 Å². The van der Waals surface area contributed by atoms with E-state index < -0.39 is 6.36 Å². The molecule has 0 saturated carbocycles. The molecule has 2 aromatic rings. The van der Waals surface area contributed by atoms with Gasteiger partial charge in [0.1, 0.15) is 5.75 Å². The van der Waals surface area contributed by atoms with Crippen LogP contribution in [0, 0.1) is 11.3 Å². The first-order valence-electron chi connectivity index (χ1n) is 5.34. The SMILES string of the molecule is N#Cc1cccc(-c2cccc(OC(F)(F)F)c2)c1. The van der Waals surface area contributed by atoms with Crippen LogP contribution in [-0.2, 0) is 0 Å². The summed E-state index contributed by atoms with van der Waals surface area (Å²) in [7, 11) is 0. The summed E-state index contributed by atoms with van der Waals surface area (Å²) in [6.45, 7) is 0. The molecule has 0 aliphatic heterocycles. The Bertz CT molecular complexity index is 629. The largest absolute Gasteiger partial charge is 0.573 e. The van der Waals surface area contributed by atoms with Crippen molar-refractivity contribution in [2.24, 2.45) is 0 Å². The molecule has 0 atom stereocenters. The van der Waals surface area contributed by atoms with Gasteiger partial charge in [0.2, 0.25) is 0 Å². The summed E-state index contributed by atoms with van der Waals surface area (Å²) in [6, 6.07) is 14.2. The van der Waals surface area contributed by atoms with Crippen molar-refractivity contribution in [2.75, 3.05) is 0 Å². The molecule has 0 aromatic heterocycles. The Morgan fingerprint density at radius 1 is 0.947 bits per heavy atom. The summed E-state index contributed by atoms with van der Waals surface area (Å²) in [6.07, 6.45) is -4.72. The number of nitrogens with zero attached hydrogens (tertiary/aromatic N) is 1. The zero-order valence-corrected chi connectivity index (χ0v) is 9.61. The molecule has 5 heteroatoms. The van der Waals surface area contributed by atoms with Gasteiger partial charge in [0.25, 0.3) is 0 Å². The fraction of sp³-hybridized carbons (Fsp3) is 0.0714. The molecule has 0 aliphatic carbocycles. The maximum Gasteiger partial charge on any atom is 0.573 e. The maximum absolute atomic E-state index is 12.1. The fourth-order valence-electron chi connectivity index (χ4n) is 1.64. The van der Waals surface area contributed by atoms with E-state index in [1.54, 1.807) is 30.3 Å². The Morgan fingerprint density at radius 3 is 2.21 bits per heavy atom. The molecule has 0 unspecified atom stereocenters. The van der Waals surface area contributed by atoms with Crippen LogP contribution in [0.3, 0.4) is 0 Å². The first-order valence-corrected chi connectivity index (χ1v) is 5.34. The minimum atomic E-state index is -4.72. The van der Waals surface area contributed by atoms with E-state index in [1.165, 1.54) is 18.2 Å². The minimum absolute atomic E-state index is 0.285. The lowest BCUT2D eigenvalue weighted by Gasteiger charge is -2.10. The van der Waals surface area contributed by atoms with Crippen LogP contribution >= 0.6 is 0 Å².